The number of carbonyl (C=O) groups is 2. The number of carboxylic acid groups (broad SMARTS) is 1. The molecule has 8 heteroatoms. The number of benzene rings is 1. The Morgan fingerprint density at radius 3 is 2.67 bits per heavy atom. The summed E-state index contributed by atoms with van der Waals surface area (Å²) in [6.07, 6.45) is -1.88. The maximum Gasteiger partial charge on any atom is 0.432 e. The van der Waals surface area contributed by atoms with Gasteiger partial charge in [-0.2, -0.15) is 15.0 Å². The molecule has 0 saturated carbocycles. The molecule has 0 unspecified atom stereocenters. The summed E-state index contributed by atoms with van der Waals surface area (Å²) in [7, 11) is 1.24. The van der Waals surface area contributed by atoms with Crippen molar-refractivity contribution in [3.63, 3.8) is 0 Å². The molecule has 0 spiro atoms. The van der Waals surface area contributed by atoms with Crippen LogP contribution in [-0.4, -0.2) is 34.2 Å². The molecule has 0 saturated heterocycles. The van der Waals surface area contributed by atoms with Crippen LogP contribution in [0.3, 0.4) is 0 Å². The maximum atomic E-state index is 12.2. The third kappa shape index (κ3) is 3.20. The standard InChI is InChI=1S/C16H16N4O4/c1-10-14(11(2)20(18-10)15(21)22)19(16(23)24-3)9-13-6-4-5-12(7-13)8-17/h4-7H,9H2,1-3H3,(H,21,22). The van der Waals surface area contributed by atoms with E-state index >= 15 is 0 Å². The number of ether oxygens (including phenoxy) is 1. The number of carbonyl (C=O) groups excluding carboxylic acids is 1. The molecule has 1 aromatic heterocycles. The Labute approximate surface area is 138 Å². The van der Waals surface area contributed by atoms with Gasteiger partial charge in [0.05, 0.1) is 42.4 Å². The van der Waals surface area contributed by atoms with E-state index in [0.717, 1.165) is 4.68 Å². The van der Waals surface area contributed by atoms with Gasteiger partial charge >= 0.3 is 12.2 Å². The zero-order valence-electron chi connectivity index (χ0n) is 13.5. The minimum absolute atomic E-state index is 0.120. The van der Waals surface area contributed by atoms with Gasteiger partial charge in [-0.25, -0.2) is 9.59 Å². The van der Waals surface area contributed by atoms with E-state index in [0.29, 0.717) is 28.2 Å². The zero-order valence-corrected chi connectivity index (χ0v) is 13.5. The first kappa shape index (κ1) is 17.0. The number of anilines is 1. The number of aryl methyl sites for hydroxylation is 1. The summed E-state index contributed by atoms with van der Waals surface area (Å²) in [5, 5.41) is 22.1. The van der Waals surface area contributed by atoms with Gasteiger partial charge in [0.25, 0.3) is 0 Å². The van der Waals surface area contributed by atoms with Crippen LogP contribution in [0.5, 0.6) is 0 Å². The van der Waals surface area contributed by atoms with Gasteiger partial charge in [-0.1, -0.05) is 12.1 Å². The minimum atomic E-state index is -1.24. The number of rotatable bonds is 3. The fourth-order valence-corrected chi connectivity index (χ4v) is 2.48. The number of aromatic nitrogens is 2. The summed E-state index contributed by atoms with van der Waals surface area (Å²) in [5.74, 6) is 0. The first-order valence-corrected chi connectivity index (χ1v) is 7.03. The van der Waals surface area contributed by atoms with Crippen molar-refractivity contribution in [2.24, 2.45) is 0 Å². The maximum absolute atomic E-state index is 12.2. The lowest BCUT2D eigenvalue weighted by Gasteiger charge is -2.21. The van der Waals surface area contributed by atoms with E-state index < -0.39 is 12.2 Å². The Morgan fingerprint density at radius 2 is 2.12 bits per heavy atom. The minimum Gasteiger partial charge on any atom is -0.463 e. The van der Waals surface area contributed by atoms with Gasteiger partial charge in [-0.3, -0.25) is 4.90 Å². The van der Waals surface area contributed by atoms with E-state index in [-0.39, 0.29) is 6.54 Å². The second-order valence-corrected chi connectivity index (χ2v) is 5.08. The normalized spacial score (nSPS) is 10.1. The molecule has 124 valence electrons. The largest absolute Gasteiger partial charge is 0.463 e. The topological polar surface area (TPSA) is 108 Å². The number of nitriles is 1. The molecule has 1 amide bonds. The van der Waals surface area contributed by atoms with Crippen molar-refractivity contribution in [1.82, 2.24) is 9.78 Å². The highest BCUT2D eigenvalue weighted by Gasteiger charge is 2.26. The number of amides is 1. The van der Waals surface area contributed by atoms with Crippen LogP contribution in [0.2, 0.25) is 0 Å². The van der Waals surface area contributed by atoms with Crippen LogP contribution in [0.4, 0.5) is 15.3 Å². The van der Waals surface area contributed by atoms with E-state index in [1.54, 1.807) is 38.1 Å². The van der Waals surface area contributed by atoms with Crippen LogP contribution >= 0.6 is 0 Å². The number of methoxy groups -OCH3 is 1. The van der Waals surface area contributed by atoms with Crippen molar-refractivity contribution in [1.29, 1.82) is 5.26 Å². The fraction of sp³-hybridized carbons (Fsp3) is 0.250. The quantitative estimate of drug-likeness (QED) is 0.928. The van der Waals surface area contributed by atoms with Crippen LogP contribution in [0.25, 0.3) is 0 Å². The third-order valence-electron chi connectivity index (χ3n) is 3.50. The molecule has 0 aliphatic rings. The smallest absolute Gasteiger partial charge is 0.432 e. The molecule has 8 nitrogen and oxygen atoms in total. The molecule has 2 rings (SSSR count). The fourth-order valence-electron chi connectivity index (χ4n) is 2.48. The second-order valence-electron chi connectivity index (χ2n) is 5.08. The van der Waals surface area contributed by atoms with E-state index in [2.05, 4.69) is 5.10 Å². The summed E-state index contributed by atoms with van der Waals surface area (Å²) in [6, 6.07) is 8.83. The van der Waals surface area contributed by atoms with Crippen molar-refractivity contribution in [3.8, 4) is 6.07 Å². The Balaban J connectivity index is 2.49. The van der Waals surface area contributed by atoms with E-state index in [1.165, 1.54) is 12.0 Å². The van der Waals surface area contributed by atoms with Crippen LogP contribution in [0.1, 0.15) is 22.5 Å². The lowest BCUT2D eigenvalue weighted by molar-refractivity contribution is 0.178. The Bertz CT molecular complexity index is 835. The molecule has 1 N–H and O–H groups in total. The average molecular weight is 328 g/mol. The lowest BCUT2D eigenvalue weighted by Crippen LogP contribution is -2.31. The van der Waals surface area contributed by atoms with Crippen LogP contribution in [0.15, 0.2) is 24.3 Å². The van der Waals surface area contributed by atoms with Gasteiger partial charge in [0.1, 0.15) is 0 Å². The number of nitrogens with zero attached hydrogens (tertiary/aromatic N) is 4. The van der Waals surface area contributed by atoms with Crippen LogP contribution in [0, 0.1) is 25.2 Å². The molecule has 1 aromatic carbocycles. The van der Waals surface area contributed by atoms with Gasteiger partial charge in [-0.05, 0) is 31.5 Å². The Morgan fingerprint density at radius 1 is 1.42 bits per heavy atom. The molecule has 0 fully saturated rings. The molecule has 0 radical (unpaired) electrons. The summed E-state index contributed by atoms with van der Waals surface area (Å²) >= 11 is 0. The molecular formula is C16H16N4O4. The molecule has 0 atom stereocenters. The molecule has 0 bridgehead atoms. The Hall–Kier alpha value is -3.34. The van der Waals surface area contributed by atoms with Crippen molar-refractivity contribution in [2.75, 3.05) is 12.0 Å². The summed E-state index contributed by atoms with van der Waals surface area (Å²) in [6.45, 7) is 3.30. The highest BCUT2D eigenvalue weighted by atomic mass is 16.5. The third-order valence-corrected chi connectivity index (χ3v) is 3.50. The average Bonchev–Trinajstić information content (AvgIpc) is 2.87. The zero-order chi connectivity index (χ0) is 17.9. The SMILES string of the molecule is COC(=O)N(Cc1cccc(C#N)c1)c1c(C)nn(C(=O)O)c1C. The second kappa shape index (κ2) is 6.83. The van der Waals surface area contributed by atoms with E-state index in [9.17, 15) is 9.59 Å². The lowest BCUT2D eigenvalue weighted by atomic mass is 10.1. The van der Waals surface area contributed by atoms with E-state index in [1.807, 2.05) is 6.07 Å². The summed E-state index contributed by atoms with van der Waals surface area (Å²) in [5.41, 5.74) is 2.23. The molecule has 0 aliphatic carbocycles. The Kier molecular flexibility index (Phi) is 4.84. The molecule has 1 heterocycles. The van der Waals surface area contributed by atoms with Crippen molar-refractivity contribution in [3.05, 3.63) is 46.8 Å². The van der Waals surface area contributed by atoms with Crippen molar-refractivity contribution in [2.45, 2.75) is 20.4 Å². The van der Waals surface area contributed by atoms with Crippen LogP contribution in [-0.2, 0) is 11.3 Å². The molecule has 2 aromatic rings. The first-order valence-electron chi connectivity index (χ1n) is 7.03. The van der Waals surface area contributed by atoms with Gasteiger partial charge in [0.2, 0.25) is 0 Å². The van der Waals surface area contributed by atoms with Gasteiger partial charge in [-0.15, -0.1) is 0 Å². The van der Waals surface area contributed by atoms with Gasteiger partial charge in [0, 0.05) is 0 Å². The van der Waals surface area contributed by atoms with E-state index in [4.69, 9.17) is 15.1 Å². The predicted molar refractivity (Wildman–Crippen MR) is 84.9 cm³/mol. The predicted octanol–water partition coefficient (Wildman–Crippen LogP) is 2.67. The van der Waals surface area contributed by atoms with Gasteiger partial charge in [0.15, 0.2) is 0 Å². The highest BCUT2D eigenvalue weighted by molar-refractivity contribution is 5.90. The first-order chi connectivity index (χ1) is 11.4. The highest BCUT2D eigenvalue weighted by Crippen LogP contribution is 2.27. The van der Waals surface area contributed by atoms with Crippen LogP contribution < -0.4 is 4.90 Å². The van der Waals surface area contributed by atoms with Crippen molar-refractivity contribution >= 4 is 17.9 Å². The van der Waals surface area contributed by atoms with Crippen molar-refractivity contribution < 1.29 is 19.4 Å². The number of hydrogen-bond donors (Lipinski definition) is 1. The summed E-state index contributed by atoms with van der Waals surface area (Å²) < 4.78 is 5.62. The molecule has 24 heavy (non-hydrogen) atoms. The summed E-state index contributed by atoms with van der Waals surface area (Å²) in [4.78, 5) is 24.7. The number of hydrogen-bond acceptors (Lipinski definition) is 5. The molecule has 0 aliphatic heterocycles. The van der Waals surface area contributed by atoms with Gasteiger partial charge < -0.3 is 9.84 Å². The molecular weight excluding hydrogens is 312 g/mol. The monoisotopic (exact) mass is 328 g/mol.